The maximum Gasteiger partial charge on any atom is 0.307 e. The number of benzene rings is 1. The van der Waals surface area contributed by atoms with Crippen LogP contribution < -0.4 is 5.32 Å². The Morgan fingerprint density at radius 2 is 1.72 bits per heavy atom. The van der Waals surface area contributed by atoms with Crippen LogP contribution in [0.5, 0.6) is 0 Å². The largest absolute Gasteiger partial charge is 0.481 e. The molecule has 98 valence electrons. The Morgan fingerprint density at radius 1 is 1.17 bits per heavy atom. The number of nitrogens with one attached hydrogen (secondary N) is 1. The molecule has 0 spiro atoms. The number of aliphatic carboxylic acids is 1. The van der Waals surface area contributed by atoms with Gasteiger partial charge in [0.25, 0.3) is 0 Å². The Hall–Kier alpha value is -1.84. The lowest BCUT2D eigenvalue weighted by Gasteiger charge is -2.15. The number of carbonyl (C=O) groups excluding carboxylic acids is 1. The van der Waals surface area contributed by atoms with Gasteiger partial charge in [-0.25, -0.2) is 0 Å². The molecule has 0 bridgehead atoms. The van der Waals surface area contributed by atoms with Crippen molar-refractivity contribution in [1.29, 1.82) is 0 Å². The average molecular weight is 249 g/mol. The van der Waals surface area contributed by atoms with Crippen LogP contribution in [0.1, 0.15) is 26.3 Å². The number of hydrogen-bond acceptors (Lipinski definition) is 2. The molecular weight excluding hydrogens is 230 g/mol. The van der Waals surface area contributed by atoms with Crippen LogP contribution in [0.2, 0.25) is 0 Å². The predicted molar refractivity (Wildman–Crippen MR) is 70.4 cm³/mol. The van der Waals surface area contributed by atoms with Crippen LogP contribution in [0.15, 0.2) is 24.3 Å². The van der Waals surface area contributed by atoms with Gasteiger partial charge in [-0.3, -0.25) is 9.59 Å². The van der Waals surface area contributed by atoms with Crippen molar-refractivity contribution in [2.24, 2.45) is 11.8 Å². The van der Waals surface area contributed by atoms with Gasteiger partial charge < -0.3 is 10.4 Å². The summed E-state index contributed by atoms with van der Waals surface area (Å²) in [6.07, 6.45) is 0.945. The van der Waals surface area contributed by atoms with Gasteiger partial charge in [-0.15, -0.1) is 0 Å². The summed E-state index contributed by atoms with van der Waals surface area (Å²) >= 11 is 0. The maximum absolute atomic E-state index is 11.8. The lowest BCUT2D eigenvalue weighted by molar-refractivity contribution is -0.145. The highest BCUT2D eigenvalue weighted by molar-refractivity contribution is 5.94. The smallest absolute Gasteiger partial charge is 0.307 e. The monoisotopic (exact) mass is 249 g/mol. The van der Waals surface area contributed by atoms with Crippen molar-refractivity contribution in [3.63, 3.8) is 0 Å². The summed E-state index contributed by atoms with van der Waals surface area (Å²) < 4.78 is 0. The first kappa shape index (κ1) is 14.2. The Balaban J connectivity index is 2.66. The van der Waals surface area contributed by atoms with Crippen molar-refractivity contribution in [3.05, 3.63) is 29.8 Å². The lowest BCUT2D eigenvalue weighted by atomic mass is 9.95. The third-order valence-electron chi connectivity index (χ3n) is 3.18. The quantitative estimate of drug-likeness (QED) is 0.842. The van der Waals surface area contributed by atoms with Crippen molar-refractivity contribution < 1.29 is 14.7 Å². The van der Waals surface area contributed by atoms with Crippen LogP contribution in [0.4, 0.5) is 5.69 Å². The maximum atomic E-state index is 11.8. The minimum absolute atomic E-state index is 0.269. The van der Waals surface area contributed by atoms with Crippen LogP contribution >= 0.6 is 0 Å². The van der Waals surface area contributed by atoms with E-state index in [1.54, 1.807) is 6.92 Å². The second-order valence-corrected chi connectivity index (χ2v) is 4.46. The van der Waals surface area contributed by atoms with E-state index >= 15 is 0 Å². The standard InChI is InChI=1S/C14H19NO3/c1-4-11-5-7-12(8-6-11)15-13(16)9(2)10(3)14(17)18/h5-10H,4H2,1-3H3,(H,15,16)(H,17,18). The second kappa shape index (κ2) is 6.19. The number of hydrogen-bond donors (Lipinski definition) is 2. The molecule has 4 nitrogen and oxygen atoms in total. The Labute approximate surface area is 107 Å². The lowest BCUT2D eigenvalue weighted by Crippen LogP contribution is -2.29. The SMILES string of the molecule is CCc1ccc(NC(=O)C(C)C(C)C(=O)O)cc1. The van der Waals surface area contributed by atoms with E-state index in [-0.39, 0.29) is 5.91 Å². The van der Waals surface area contributed by atoms with E-state index in [0.29, 0.717) is 5.69 Å². The molecule has 1 aromatic rings. The highest BCUT2D eigenvalue weighted by Gasteiger charge is 2.25. The normalized spacial score (nSPS) is 13.7. The summed E-state index contributed by atoms with van der Waals surface area (Å²) in [5.74, 6) is -2.48. The first-order valence-electron chi connectivity index (χ1n) is 6.08. The summed E-state index contributed by atoms with van der Waals surface area (Å²) in [4.78, 5) is 22.6. The molecule has 0 heterocycles. The van der Waals surface area contributed by atoms with Crippen molar-refractivity contribution in [2.75, 3.05) is 5.32 Å². The van der Waals surface area contributed by atoms with Gasteiger partial charge in [-0.2, -0.15) is 0 Å². The van der Waals surface area contributed by atoms with Crippen LogP contribution in [0, 0.1) is 11.8 Å². The summed E-state index contributed by atoms with van der Waals surface area (Å²) in [6, 6.07) is 7.55. The zero-order valence-electron chi connectivity index (χ0n) is 10.9. The molecule has 1 aromatic carbocycles. The van der Waals surface area contributed by atoms with E-state index in [4.69, 9.17) is 5.11 Å². The van der Waals surface area contributed by atoms with Gasteiger partial charge in [0.05, 0.1) is 5.92 Å². The van der Waals surface area contributed by atoms with Crippen LogP contribution in [-0.2, 0) is 16.0 Å². The molecule has 18 heavy (non-hydrogen) atoms. The number of carbonyl (C=O) groups is 2. The van der Waals surface area contributed by atoms with Gasteiger partial charge in [0.15, 0.2) is 0 Å². The third kappa shape index (κ3) is 3.58. The van der Waals surface area contributed by atoms with Crippen molar-refractivity contribution in [1.82, 2.24) is 0 Å². The minimum atomic E-state index is -0.959. The number of rotatable bonds is 5. The van der Waals surface area contributed by atoms with Gasteiger partial charge in [0.2, 0.25) is 5.91 Å². The van der Waals surface area contributed by atoms with E-state index < -0.39 is 17.8 Å². The number of carboxylic acids is 1. The topological polar surface area (TPSA) is 66.4 Å². The molecule has 0 aliphatic heterocycles. The molecule has 0 fully saturated rings. The molecule has 1 rings (SSSR count). The molecule has 0 radical (unpaired) electrons. The van der Waals surface area contributed by atoms with E-state index in [9.17, 15) is 9.59 Å². The highest BCUT2D eigenvalue weighted by atomic mass is 16.4. The number of amides is 1. The van der Waals surface area contributed by atoms with E-state index in [0.717, 1.165) is 6.42 Å². The van der Waals surface area contributed by atoms with E-state index in [1.807, 2.05) is 24.3 Å². The van der Waals surface area contributed by atoms with Crippen molar-refractivity contribution in [3.8, 4) is 0 Å². The van der Waals surface area contributed by atoms with E-state index in [1.165, 1.54) is 12.5 Å². The molecule has 2 N–H and O–H groups in total. The van der Waals surface area contributed by atoms with Crippen molar-refractivity contribution >= 4 is 17.6 Å². The molecule has 0 aromatic heterocycles. The fourth-order valence-electron chi connectivity index (χ4n) is 1.52. The van der Waals surface area contributed by atoms with Gasteiger partial charge >= 0.3 is 5.97 Å². The molecule has 2 atom stereocenters. The third-order valence-corrected chi connectivity index (χ3v) is 3.18. The molecule has 4 heteroatoms. The number of carboxylic acid groups (broad SMARTS) is 1. The Kier molecular flexibility index (Phi) is 4.89. The molecule has 1 amide bonds. The summed E-state index contributed by atoms with van der Waals surface area (Å²) in [7, 11) is 0. The summed E-state index contributed by atoms with van der Waals surface area (Å²) in [5.41, 5.74) is 1.89. The first-order chi connectivity index (χ1) is 8.45. The zero-order valence-corrected chi connectivity index (χ0v) is 10.9. The van der Waals surface area contributed by atoms with E-state index in [2.05, 4.69) is 12.2 Å². The number of anilines is 1. The molecule has 0 saturated heterocycles. The Morgan fingerprint density at radius 3 is 2.17 bits per heavy atom. The van der Waals surface area contributed by atoms with Gasteiger partial charge in [-0.05, 0) is 24.1 Å². The van der Waals surface area contributed by atoms with Crippen molar-refractivity contribution in [2.45, 2.75) is 27.2 Å². The molecule has 0 saturated carbocycles. The van der Waals surface area contributed by atoms with Gasteiger partial charge in [0.1, 0.15) is 0 Å². The van der Waals surface area contributed by atoms with Crippen LogP contribution in [-0.4, -0.2) is 17.0 Å². The second-order valence-electron chi connectivity index (χ2n) is 4.46. The molecule has 0 aliphatic carbocycles. The molecular formula is C14H19NO3. The van der Waals surface area contributed by atoms with Crippen LogP contribution in [0.25, 0.3) is 0 Å². The fraction of sp³-hybridized carbons (Fsp3) is 0.429. The molecule has 2 unspecified atom stereocenters. The van der Waals surface area contributed by atoms with Crippen LogP contribution in [0.3, 0.4) is 0 Å². The summed E-state index contributed by atoms with van der Waals surface area (Å²) in [6.45, 7) is 5.21. The zero-order chi connectivity index (χ0) is 13.7. The fourth-order valence-corrected chi connectivity index (χ4v) is 1.52. The van der Waals surface area contributed by atoms with Gasteiger partial charge in [0, 0.05) is 11.6 Å². The average Bonchev–Trinajstić information content (AvgIpc) is 2.37. The minimum Gasteiger partial charge on any atom is -0.481 e. The highest BCUT2D eigenvalue weighted by Crippen LogP contribution is 2.15. The number of aryl methyl sites for hydroxylation is 1. The predicted octanol–water partition coefficient (Wildman–Crippen LogP) is 2.54. The Bertz CT molecular complexity index is 425. The first-order valence-corrected chi connectivity index (χ1v) is 6.08. The molecule has 0 aliphatic rings. The summed E-state index contributed by atoms with van der Waals surface area (Å²) in [5, 5.41) is 11.6. The van der Waals surface area contributed by atoms with Gasteiger partial charge in [-0.1, -0.05) is 32.9 Å².